The average Bonchev–Trinajstić information content (AvgIpc) is 2.86. The second-order valence-electron chi connectivity index (χ2n) is 3.88. The zero-order chi connectivity index (χ0) is 14.1. The molecule has 1 fully saturated rings. The molecular formula is C12H21NO3S2. The Bertz CT molecular complexity index is 286. The van der Waals surface area contributed by atoms with Crippen molar-refractivity contribution in [1.29, 1.82) is 0 Å². The van der Waals surface area contributed by atoms with Crippen molar-refractivity contribution in [2.24, 2.45) is 5.92 Å². The van der Waals surface area contributed by atoms with Crippen LogP contribution in [0.1, 0.15) is 19.8 Å². The standard InChI is InChI=1S/C10H17NO3S2.C2H4/c1-7(6-16-15-2)9(12)11-5-3-4-8(11)10(13)14;1-2/h7-8H,3-6H2,1-2H3,(H,13,14);1-2H2/t7?,8-;/m0./s1. The molecule has 1 saturated heterocycles. The minimum atomic E-state index is -0.879. The van der Waals surface area contributed by atoms with E-state index in [1.807, 2.05) is 13.2 Å². The summed E-state index contributed by atoms with van der Waals surface area (Å²) in [6, 6.07) is -0.603. The van der Waals surface area contributed by atoms with Crippen LogP contribution in [0.4, 0.5) is 0 Å². The minimum Gasteiger partial charge on any atom is -0.480 e. The first kappa shape index (κ1) is 17.4. The molecule has 1 aliphatic heterocycles. The largest absolute Gasteiger partial charge is 0.480 e. The number of amides is 1. The van der Waals surface area contributed by atoms with E-state index in [0.717, 1.165) is 12.2 Å². The highest BCUT2D eigenvalue weighted by Crippen LogP contribution is 2.24. The Morgan fingerprint density at radius 3 is 2.61 bits per heavy atom. The van der Waals surface area contributed by atoms with Gasteiger partial charge < -0.3 is 10.0 Å². The van der Waals surface area contributed by atoms with Crippen molar-refractivity contribution in [2.75, 3.05) is 18.6 Å². The third-order valence-corrected chi connectivity index (χ3v) is 4.67. The van der Waals surface area contributed by atoms with Gasteiger partial charge in [0.1, 0.15) is 6.04 Å². The number of carbonyl (C=O) groups excluding carboxylic acids is 1. The Hall–Kier alpha value is -0.620. The molecular weight excluding hydrogens is 270 g/mol. The maximum Gasteiger partial charge on any atom is 0.326 e. The van der Waals surface area contributed by atoms with Crippen molar-refractivity contribution in [1.82, 2.24) is 4.90 Å². The van der Waals surface area contributed by atoms with E-state index in [9.17, 15) is 9.59 Å². The normalized spacial score (nSPS) is 19.9. The van der Waals surface area contributed by atoms with Crippen LogP contribution in [0.25, 0.3) is 0 Å². The summed E-state index contributed by atoms with van der Waals surface area (Å²) in [6.45, 7) is 8.45. The molecule has 18 heavy (non-hydrogen) atoms. The van der Waals surface area contributed by atoms with Gasteiger partial charge in [-0.05, 0) is 19.1 Å². The van der Waals surface area contributed by atoms with E-state index in [4.69, 9.17) is 5.11 Å². The van der Waals surface area contributed by atoms with E-state index >= 15 is 0 Å². The van der Waals surface area contributed by atoms with E-state index < -0.39 is 12.0 Å². The molecule has 0 radical (unpaired) electrons. The molecule has 1 rings (SSSR count). The van der Waals surface area contributed by atoms with E-state index in [1.165, 1.54) is 4.90 Å². The van der Waals surface area contributed by atoms with Crippen LogP contribution in [0.5, 0.6) is 0 Å². The molecule has 0 aromatic rings. The summed E-state index contributed by atoms with van der Waals surface area (Å²) in [7, 11) is 3.26. The third kappa shape index (κ3) is 4.94. The van der Waals surface area contributed by atoms with E-state index in [-0.39, 0.29) is 11.8 Å². The quantitative estimate of drug-likeness (QED) is 0.623. The minimum absolute atomic E-state index is 0.0218. The summed E-state index contributed by atoms with van der Waals surface area (Å²) in [4.78, 5) is 24.5. The van der Waals surface area contributed by atoms with Crippen LogP contribution in [0.2, 0.25) is 0 Å². The van der Waals surface area contributed by atoms with Gasteiger partial charge in [-0.1, -0.05) is 28.5 Å². The first-order chi connectivity index (χ1) is 8.57. The van der Waals surface area contributed by atoms with Gasteiger partial charge in [0, 0.05) is 18.2 Å². The van der Waals surface area contributed by atoms with Crippen molar-refractivity contribution >= 4 is 33.5 Å². The molecule has 1 aliphatic rings. The van der Waals surface area contributed by atoms with E-state index in [2.05, 4.69) is 13.2 Å². The fourth-order valence-corrected chi connectivity index (χ4v) is 3.32. The second-order valence-corrected chi connectivity index (χ2v) is 6.49. The Balaban J connectivity index is 0.00000137. The molecule has 1 N–H and O–H groups in total. The van der Waals surface area contributed by atoms with E-state index in [1.54, 1.807) is 21.6 Å². The molecule has 1 unspecified atom stereocenters. The third-order valence-electron chi connectivity index (χ3n) is 2.68. The maximum absolute atomic E-state index is 12.0. The number of hydrogen-bond acceptors (Lipinski definition) is 4. The highest BCUT2D eigenvalue weighted by atomic mass is 33.1. The molecule has 0 aliphatic carbocycles. The monoisotopic (exact) mass is 291 g/mol. The lowest BCUT2D eigenvalue weighted by molar-refractivity contribution is -0.149. The van der Waals surface area contributed by atoms with Crippen molar-refractivity contribution in [2.45, 2.75) is 25.8 Å². The lowest BCUT2D eigenvalue weighted by Gasteiger charge is -2.24. The lowest BCUT2D eigenvalue weighted by Crippen LogP contribution is -2.43. The molecule has 0 saturated carbocycles. The number of carboxylic acids is 1. The highest BCUT2D eigenvalue weighted by Gasteiger charge is 2.35. The molecule has 0 spiro atoms. The van der Waals surface area contributed by atoms with Crippen LogP contribution in [-0.2, 0) is 9.59 Å². The topological polar surface area (TPSA) is 57.6 Å². The zero-order valence-electron chi connectivity index (χ0n) is 10.9. The molecule has 0 aromatic heterocycles. The van der Waals surface area contributed by atoms with Crippen LogP contribution in [0.3, 0.4) is 0 Å². The Morgan fingerprint density at radius 1 is 1.50 bits per heavy atom. The number of nitrogens with zero attached hydrogens (tertiary/aromatic N) is 1. The van der Waals surface area contributed by atoms with Crippen LogP contribution in [-0.4, -0.2) is 46.5 Å². The van der Waals surface area contributed by atoms with Crippen LogP contribution in [0, 0.1) is 5.92 Å². The first-order valence-corrected chi connectivity index (χ1v) is 8.49. The average molecular weight is 291 g/mol. The van der Waals surface area contributed by atoms with Gasteiger partial charge in [-0.2, -0.15) is 0 Å². The molecule has 0 bridgehead atoms. The number of likely N-dealkylation sites (tertiary alicyclic amines) is 1. The van der Waals surface area contributed by atoms with Gasteiger partial charge in [-0.25, -0.2) is 4.79 Å². The van der Waals surface area contributed by atoms with Crippen LogP contribution >= 0.6 is 21.6 Å². The summed E-state index contributed by atoms with van der Waals surface area (Å²) in [5.74, 6) is -0.262. The molecule has 0 aromatic carbocycles. The molecule has 2 atom stereocenters. The van der Waals surface area contributed by atoms with Crippen molar-refractivity contribution in [3.8, 4) is 0 Å². The Kier molecular flexibility index (Phi) is 9.01. The summed E-state index contributed by atoms with van der Waals surface area (Å²) in [5.41, 5.74) is 0. The van der Waals surface area contributed by atoms with Gasteiger partial charge in [0.25, 0.3) is 0 Å². The lowest BCUT2D eigenvalue weighted by atomic mass is 10.1. The number of hydrogen-bond donors (Lipinski definition) is 1. The van der Waals surface area contributed by atoms with Gasteiger partial charge >= 0.3 is 5.97 Å². The fraction of sp³-hybridized carbons (Fsp3) is 0.667. The summed E-state index contributed by atoms with van der Waals surface area (Å²) >= 11 is 0. The van der Waals surface area contributed by atoms with Crippen molar-refractivity contribution in [3.63, 3.8) is 0 Å². The summed E-state index contributed by atoms with van der Waals surface area (Å²) in [5, 5.41) is 8.99. The maximum atomic E-state index is 12.0. The summed E-state index contributed by atoms with van der Waals surface area (Å²) < 4.78 is 0. The molecule has 104 valence electrons. The van der Waals surface area contributed by atoms with Gasteiger partial charge in [-0.15, -0.1) is 13.2 Å². The van der Waals surface area contributed by atoms with Gasteiger partial charge in [0.2, 0.25) is 5.91 Å². The molecule has 6 heteroatoms. The van der Waals surface area contributed by atoms with Gasteiger partial charge in [-0.3, -0.25) is 4.79 Å². The molecule has 1 heterocycles. The summed E-state index contributed by atoms with van der Waals surface area (Å²) in [6.07, 6.45) is 3.35. The highest BCUT2D eigenvalue weighted by molar-refractivity contribution is 8.76. The molecule has 1 amide bonds. The van der Waals surface area contributed by atoms with Gasteiger partial charge in [0.05, 0.1) is 0 Å². The van der Waals surface area contributed by atoms with Crippen molar-refractivity contribution in [3.05, 3.63) is 13.2 Å². The number of aliphatic carboxylic acids is 1. The zero-order valence-corrected chi connectivity index (χ0v) is 12.6. The fourth-order valence-electron chi connectivity index (χ4n) is 1.81. The number of carbonyl (C=O) groups is 2. The SMILES string of the molecule is C=C.CSSCC(C)C(=O)N1CCC[C@H]1C(=O)O. The Morgan fingerprint density at radius 2 is 2.11 bits per heavy atom. The smallest absolute Gasteiger partial charge is 0.326 e. The van der Waals surface area contributed by atoms with Gasteiger partial charge in [0.15, 0.2) is 0 Å². The van der Waals surface area contributed by atoms with Crippen LogP contribution in [0.15, 0.2) is 13.2 Å². The van der Waals surface area contributed by atoms with E-state index in [0.29, 0.717) is 13.0 Å². The van der Waals surface area contributed by atoms with Crippen LogP contribution < -0.4 is 0 Å². The second kappa shape index (κ2) is 9.33. The predicted octanol–water partition coefficient (Wildman–Crippen LogP) is 2.51. The number of carboxylic acid groups (broad SMARTS) is 1. The molecule has 4 nitrogen and oxygen atoms in total. The predicted molar refractivity (Wildman–Crippen MR) is 78.8 cm³/mol. The number of rotatable bonds is 5. The first-order valence-electron chi connectivity index (χ1n) is 5.76. The van der Waals surface area contributed by atoms with Crippen molar-refractivity contribution < 1.29 is 14.7 Å². The Labute approximate surface area is 117 Å².